The molecule has 0 aromatic heterocycles. The summed E-state index contributed by atoms with van der Waals surface area (Å²) in [5.41, 5.74) is 3.16. The summed E-state index contributed by atoms with van der Waals surface area (Å²) in [6.45, 7) is 5.63. The van der Waals surface area contributed by atoms with Crippen LogP contribution in [0, 0.1) is 0 Å². The molecular formula is C26H26BrNO2. The highest BCUT2D eigenvalue weighted by molar-refractivity contribution is 9.10. The van der Waals surface area contributed by atoms with Gasteiger partial charge in [0.25, 0.3) is 0 Å². The Bertz CT molecular complexity index is 949. The number of nitrogens with zero attached hydrogens (tertiary/aromatic N) is 1. The second-order valence-corrected chi connectivity index (χ2v) is 9.01. The predicted molar refractivity (Wildman–Crippen MR) is 126 cm³/mol. The van der Waals surface area contributed by atoms with Crippen LogP contribution in [0.3, 0.4) is 0 Å². The number of hydrogen-bond acceptors (Lipinski definition) is 3. The van der Waals surface area contributed by atoms with E-state index < -0.39 is 11.6 Å². The zero-order chi connectivity index (χ0) is 21.6. The van der Waals surface area contributed by atoms with E-state index in [9.17, 15) is 4.79 Å². The van der Waals surface area contributed by atoms with E-state index in [4.69, 9.17) is 9.73 Å². The van der Waals surface area contributed by atoms with Crippen molar-refractivity contribution in [3.05, 3.63) is 106 Å². The summed E-state index contributed by atoms with van der Waals surface area (Å²) in [6, 6.07) is 27.2. The van der Waals surface area contributed by atoms with Crippen molar-refractivity contribution in [3.63, 3.8) is 0 Å². The van der Waals surface area contributed by atoms with E-state index in [-0.39, 0.29) is 5.97 Å². The maximum absolute atomic E-state index is 13.1. The predicted octanol–water partition coefficient (Wildman–Crippen LogP) is 6.24. The highest BCUT2D eigenvalue weighted by Crippen LogP contribution is 2.19. The number of ether oxygens (including phenoxy) is 1. The first-order valence-electron chi connectivity index (χ1n) is 9.98. The summed E-state index contributed by atoms with van der Waals surface area (Å²) in [5.74, 6) is -0.324. The lowest BCUT2D eigenvalue weighted by atomic mass is 10.0. The molecule has 3 aromatic rings. The van der Waals surface area contributed by atoms with Crippen molar-refractivity contribution in [3.8, 4) is 0 Å². The molecule has 0 fully saturated rings. The molecule has 0 radical (unpaired) electrons. The van der Waals surface area contributed by atoms with Crippen LogP contribution in [0.5, 0.6) is 0 Å². The number of rotatable bonds is 6. The first-order chi connectivity index (χ1) is 14.3. The third-order valence-electron chi connectivity index (χ3n) is 4.40. The third-order valence-corrected chi connectivity index (χ3v) is 4.93. The molecule has 30 heavy (non-hydrogen) atoms. The Labute approximate surface area is 187 Å². The van der Waals surface area contributed by atoms with Crippen molar-refractivity contribution < 1.29 is 9.53 Å². The van der Waals surface area contributed by atoms with Crippen molar-refractivity contribution in [2.45, 2.75) is 38.8 Å². The van der Waals surface area contributed by atoms with Crippen molar-refractivity contribution in [1.29, 1.82) is 0 Å². The van der Waals surface area contributed by atoms with Gasteiger partial charge in [0.2, 0.25) is 0 Å². The van der Waals surface area contributed by atoms with E-state index in [1.165, 1.54) is 0 Å². The first-order valence-corrected chi connectivity index (χ1v) is 10.8. The van der Waals surface area contributed by atoms with E-state index in [0.717, 1.165) is 26.9 Å². The molecule has 0 bridgehead atoms. The largest absolute Gasteiger partial charge is 0.458 e. The van der Waals surface area contributed by atoms with E-state index >= 15 is 0 Å². The Morgan fingerprint density at radius 1 is 0.867 bits per heavy atom. The van der Waals surface area contributed by atoms with Crippen LogP contribution in [0.4, 0.5) is 0 Å². The number of aliphatic imine (C=N–C) groups is 1. The minimum absolute atomic E-state index is 0.324. The average molecular weight is 464 g/mol. The summed E-state index contributed by atoms with van der Waals surface area (Å²) in [7, 11) is 0. The minimum atomic E-state index is -0.652. The van der Waals surface area contributed by atoms with Crippen LogP contribution < -0.4 is 0 Å². The molecule has 154 valence electrons. The topological polar surface area (TPSA) is 38.7 Å². The molecule has 1 unspecified atom stereocenters. The highest BCUT2D eigenvalue weighted by atomic mass is 79.9. The third kappa shape index (κ3) is 6.39. The minimum Gasteiger partial charge on any atom is -0.458 e. The molecule has 0 N–H and O–H groups in total. The molecule has 0 aliphatic rings. The number of halogens is 1. The molecule has 0 aliphatic heterocycles. The van der Waals surface area contributed by atoms with E-state index in [1.54, 1.807) is 0 Å². The van der Waals surface area contributed by atoms with E-state index in [2.05, 4.69) is 15.9 Å². The van der Waals surface area contributed by atoms with Crippen molar-refractivity contribution >= 4 is 27.6 Å². The van der Waals surface area contributed by atoms with Gasteiger partial charge in [0, 0.05) is 22.0 Å². The molecular weight excluding hydrogens is 438 g/mol. The molecule has 0 heterocycles. The van der Waals surface area contributed by atoms with Gasteiger partial charge in [-0.05, 0) is 38.5 Å². The van der Waals surface area contributed by atoms with Gasteiger partial charge in [0.1, 0.15) is 5.60 Å². The Morgan fingerprint density at radius 3 is 1.83 bits per heavy atom. The zero-order valence-electron chi connectivity index (χ0n) is 17.5. The highest BCUT2D eigenvalue weighted by Gasteiger charge is 2.26. The Morgan fingerprint density at radius 2 is 1.37 bits per heavy atom. The van der Waals surface area contributed by atoms with Crippen LogP contribution in [-0.2, 0) is 16.0 Å². The van der Waals surface area contributed by atoms with Crippen LogP contribution in [0.1, 0.15) is 37.5 Å². The zero-order valence-corrected chi connectivity index (χ0v) is 19.1. The normalized spacial score (nSPS) is 12.1. The van der Waals surface area contributed by atoms with E-state index in [0.29, 0.717) is 6.42 Å². The van der Waals surface area contributed by atoms with Crippen LogP contribution in [0.2, 0.25) is 0 Å². The number of esters is 1. The lowest BCUT2D eigenvalue weighted by Crippen LogP contribution is -2.33. The molecule has 3 nitrogen and oxygen atoms in total. The average Bonchev–Trinajstić information content (AvgIpc) is 2.72. The van der Waals surface area contributed by atoms with Gasteiger partial charge in [0.05, 0.1) is 5.71 Å². The summed E-state index contributed by atoms with van der Waals surface area (Å²) < 4.78 is 6.71. The number of benzene rings is 3. The quantitative estimate of drug-likeness (QED) is 0.320. The molecule has 0 saturated carbocycles. The van der Waals surface area contributed by atoms with Crippen LogP contribution in [0.25, 0.3) is 0 Å². The summed E-state index contributed by atoms with van der Waals surface area (Å²) >= 11 is 3.46. The maximum atomic E-state index is 13.1. The van der Waals surface area contributed by atoms with Crippen LogP contribution in [-0.4, -0.2) is 23.3 Å². The molecule has 0 saturated heterocycles. The lowest BCUT2D eigenvalue weighted by molar-refractivity contribution is -0.156. The Kier molecular flexibility index (Phi) is 7.22. The van der Waals surface area contributed by atoms with Gasteiger partial charge in [-0.25, -0.2) is 4.79 Å². The Balaban J connectivity index is 2.05. The smallest absolute Gasteiger partial charge is 0.331 e. The fraction of sp³-hybridized carbons (Fsp3) is 0.231. The summed E-state index contributed by atoms with van der Waals surface area (Å²) in [5, 5.41) is 0. The number of carbonyl (C=O) groups excluding carboxylic acids is 1. The molecule has 3 aromatic carbocycles. The molecule has 3 rings (SSSR count). The van der Waals surface area contributed by atoms with Gasteiger partial charge >= 0.3 is 5.97 Å². The van der Waals surface area contributed by atoms with Gasteiger partial charge in [-0.1, -0.05) is 88.7 Å². The lowest BCUT2D eigenvalue weighted by Gasteiger charge is -2.23. The molecule has 1 atom stereocenters. The van der Waals surface area contributed by atoms with Crippen molar-refractivity contribution in [1.82, 2.24) is 0 Å². The van der Waals surface area contributed by atoms with Gasteiger partial charge in [-0.3, -0.25) is 4.99 Å². The molecule has 0 aliphatic carbocycles. The molecule has 4 heteroatoms. The van der Waals surface area contributed by atoms with Gasteiger partial charge in [0.15, 0.2) is 6.04 Å². The van der Waals surface area contributed by atoms with Crippen LogP contribution >= 0.6 is 15.9 Å². The fourth-order valence-electron chi connectivity index (χ4n) is 3.06. The Hall–Kier alpha value is -2.72. The monoisotopic (exact) mass is 463 g/mol. The van der Waals surface area contributed by atoms with E-state index in [1.807, 2.05) is 106 Å². The summed E-state index contributed by atoms with van der Waals surface area (Å²) in [4.78, 5) is 18.0. The fourth-order valence-corrected chi connectivity index (χ4v) is 3.32. The molecule has 0 spiro atoms. The standard InChI is InChI=1S/C26H26BrNO2/c1-26(2,3)30-25(29)23(18-19-14-16-22(27)17-15-19)28-24(20-10-6-4-7-11-20)21-12-8-5-9-13-21/h4-17,23H,18H2,1-3H3. The van der Waals surface area contributed by atoms with Gasteiger partial charge < -0.3 is 4.74 Å². The van der Waals surface area contributed by atoms with Gasteiger partial charge in [-0.2, -0.15) is 0 Å². The SMILES string of the molecule is CC(C)(C)OC(=O)C(Cc1ccc(Br)cc1)N=C(c1ccccc1)c1ccccc1. The second-order valence-electron chi connectivity index (χ2n) is 8.09. The molecule has 0 amide bonds. The summed E-state index contributed by atoms with van der Waals surface area (Å²) in [6.07, 6.45) is 0.464. The van der Waals surface area contributed by atoms with Gasteiger partial charge in [-0.15, -0.1) is 0 Å². The number of carbonyl (C=O) groups is 1. The second kappa shape index (κ2) is 9.86. The maximum Gasteiger partial charge on any atom is 0.331 e. The first kappa shape index (κ1) is 22.0. The van der Waals surface area contributed by atoms with Crippen molar-refractivity contribution in [2.24, 2.45) is 4.99 Å². The number of hydrogen-bond donors (Lipinski definition) is 0. The van der Waals surface area contributed by atoms with Crippen molar-refractivity contribution in [2.75, 3.05) is 0 Å². The van der Waals surface area contributed by atoms with Crippen LogP contribution in [0.15, 0.2) is 94.4 Å².